The third-order valence-electron chi connectivity index (χ3n) is 2.31. The topological polar surface area (TPSA) is 48.0 Å². The molecular formula is C11H21NO4. The van der Waals surface area contributed by atoms with Crippen molar-refractivity contribution in [2.75, 3.05) is 13.7 Å². The number of amides is 1. The average Bonchev–Trinajstić information content (AvgIpc) is 2.37. The minimum Gasteiger partial charge on any atom is -0.444 e. The molecule has 0 bridgehead atoms. The quantitative estimate of drug-likeness (QED) is 0.692. The van der Waals surface area contributed by atoms with Gasteiger partial charge in [-0.05, 0) is 34.6 Å². The summed E-state index contributed by atoms with van der Waals surface area (Å²) >= 11 is 0. The molecule has 0 saturated carbocycles. The molecule has 5 heteroatoms. The van der Waals surface area contributed by atoms with E-state index in [1.54, 1.807) is 7.11 Å². The fourth-order valence-corrected chi connectivity index (χ4v) is 1.59. The van der Waals surface area contributed by atoms with Crippen molar-refractivity contribution in [3.8, 4) is 0 Å². The fraction of sp³-hybridized carbons (Fsp3) is 0.909. The second-order valence-corrected chi connectivity index (χ2v) is 5.30. The van der Waals surface area contributed by atoms with Crippen LogP contribution in [-0.2, 0) is 14.2 Å². The lowest BCUT2D eigenvalue weighted by Gasteiger charge is -2.34. The van der Waals surface area contributed by atoms with Gasteiger partial charge in [0.25, 0.3) is 0 Å². The van der Waals surface area contributed by atoms with Crippen LogP contribution in [0.25, 0.3) is 0 Å². The summed E-state index contributed by atoms with van der Waals surface area (Å²) in [6.45, 7) is 9.48. The Morgan fingerprint density at radius 3 is 2.44 bits per heavy atom. The highest BCUT2D eigenvalue weighted by atomic mass is 16.6. The van der Waals surface area contributed by atoms with Gasteiger partial charge in [-0.3, -0.25) is 4.90 Å². The number of rotatable bonds is 1. The molecule has 5 nitrogen and oxygen atoms in total. The summed E-state index contributed by atoms with van der Waals surface area (Å²) in [6, 6.07) is 0. The van der Waals surface area contributed by atoms with Crippen molar-refractivity contribution in [3.05, 3.63) is 0 Å². The molecule has 1 saturated heterocycles. The van der Waals surface area contributed by atoms with Crippen molar-refractivity contribution in [2.24, 2.45) is 0 Å². The Hall–Kier alpha value is -0.810. The van der Waals surface area contributed by atoms with Crippen molar-refractivity contribution in [3.63, 3.8) is 0 Å². The van der Waals surface area contributed by atoms with Crippen LogP contribution >= 0.6 is 0 Å². The van der Waals surface area contributed by atoms with E-state index in [1.807, 2.05) is 34.6 Å². The van der Waals surface area contributed by atoms with Crippen molar-refractivity contribution in [2.45, 2.75) is 52.2 Å². The zero-order chi connectivity index (χ0) is 12.6. The van der Waals surface area contributed by atoms with E-state index in [9.17, 15) is 4.79 Å². The van der Waals surface area contributed by atoms with Crippen LogP contribution in [0.15, 0.2) is 0 Å². The Bertz CT molecular complexity index is 270. The van der Waals surface area contributed by atoms with Crippen LogP contribution in [0.3, 0.4) is 0 Å². The number of carbonyl (C=O) groups excluding carboxylic acids is 1. The summed E-state index contributed by atoms with van der Waals surface area (Å²) in [5, 5.41) is 0. The molecule has 1 atom stereocenters. The fourth-order valence-electron chi connectivity index (χ4n) is 1.59. The molecule has 1 fully saturated rings. The lowest BCUT2D eigenvalue weighted by atomic mass is 10.2. The molecule has 0 radical (unpaired) electrons. The van der Waals surface area contributed by atoms with Gasteiger partial charge in [0.2, 0.25) is 0 Å². The first kappa shape index (κ1) is 13.3. The van der Waals surface area contributed by atoms with E-state index in [0.717, 1.165) is 0 Å². The monoisotopic (exact) mass is 231 g/mol. The molecular weight excluding hydrogens is 210 g/mol. The van der Waals surface area contributed by atoms with Gasteiger partial charge in [0.1, 0.15) is 11.3 Å². The predicted octanol–water partition coefficient (Wildman–Crippen LogP) is 1.96. The maximum absolute atomic E-state index is 12.0. The lowest BCUT2D eigenvalue weighted by molar-refractivity contribution is -0.0822. The van der Waals surface area contributed by atoms with E-state index in [4.69, 9.17) is 14.2 Å². The molecule has 1 rings (SSSR count). The molecule has 94 valence electrons. The van der Waals surface area contributed by atoms with Gasteiger partial charge < -0.3 is 14.2 Å². The summed E-state index contributed by atoms with van der Waals surface area (Å²) in [4.78, 5) is 13.5. The lowest BCUT2D eigenvalue weighted by Crippen LogP contribution is -2.50. The van der Waals surface area contributed by atoms with Crippen LogP contribution in [0.1, 0.15) is 34.6 Å². The van der Waals surface area contributed by atoms with E-state index < -0.39 is 17.4 Å². The second-order valence-electron chi connectivity index (χ2n) is 5.30. The van der Waals surface area contributed by atoms with Crippen molar-refractivity contribution < 1.29 is 19.0 Å². The Morgan fingerprint density at radius 1 is 1.44 bits per heavy atom. The minimum atomic E-state index is -0.691. The van der Waals surface area contributed by atoms with Crippen LogP contribution in [0, 0.1) is 0 Å². The van der Waals surface area contributed by atoms with Crippen molar-refractivity contribution in [1.82, 2.24) is 4.90 Å². The van der Waals surface area contributed by atoms with Gasteiger partial charge in [-0.2, -0.15) is 0 Å². The molecule has 0 aromatic carbocycles. The average molecular weight is 231 g/mol. The van der Waals surface area contributed by atoms with E-state index in [2.05, 4.69) is 0 Å². The van der Waals surface area contributed by atoms with Gasteiger partial charge in [-0.1, -0.05) is 0 Å². The standard InChI is InChI=1S/C11H21NO4/c1-10(2,3)16-9(13)12-8(14-6)7-15-11(12,4)5/h8H,7H2,1-6H3/t8-/m1/s1. The molecule has 0 aliphatic carbocycles. The van der Waals surface area contributed by atoms with E-state index >= 15 is 0 Å². The molecule has 0 N–H and O–H groups in total. The molecule has 0 unspecified atom stereocenters. The van der Waals surface area contributed by atoms with E-state index in [1.165, 1.54) is 4.90 Å². The molecule has 1 aliphatic heterocycles. The smallest absolute Gasteiger partial charge is 0.414 e. The van der Waals surface area contributed by atoms with Gasteiger partial charge in [0.05, 0.1) is 6.61 Å². The van der Waals surface area contributed by atoms with Gasteiger partial charge in [0, 0.05) is 7.11 Å². The second kappa shape index (κ2) is 4.22. The zero-order valence-corrected chi connectivity index (χ0v) is 10.9. The van der Waals surface area contributed by atoms with Gasteiger partial charge in [0.15, 0.2) is 6.23 Å². The third-order valence-corrected chi connectivity index (χ3v) is 2.31. The first-order chi connectivity index (χ1) is 7.17. The number of methoxy groups -OCH3 is 1. The van der Waals surface area contributed by atoms with Gasteiger partial charge >= 0.3 is 6.09 Å². The van der Waals surface area contributed by atoms with Crippen molar-refractivity contribution in [1.29, 1.82) is 0 Å². The summed E-state index contributed by atoms with van der Waals surface area (Å²) in [5.74, 6) is 0. The summed E-state index contributed by atoms with van der Waals surface area (Å²) < 4.78 is 16.0. The number of nitrogens with zero attached hydrogens (tertiary/aromatic N) is 1. The number of ether oxygens (including phenoxy) is 3. The van der Waals surface area contributed by atoms with E-state index in [-0.39, 0.29) is 6.23 Å². The summed E-state index contributed by atoms with van der Waals surface area (Å²) in [5.41, 5.74) is -1.21. The maximum atomic E-state index is 12.0. The number of hydrogen-bond donors (Lipinski definition) is 0. The molecule has 16 heavy (non-hydrogen) atoms. The van der Waals surface area contributed by atoms with Crippen LogP contribution in [-0.4, -0.2) is 42.3 Å². The molecule has 0 aromatic heterocycles. The maximum Gasteiger partial charge on any atom is 0.414 e. The van der Waals surface area contributed by atoms with E-state index in [0.29, 0.717) is 6.61 Å². The highest BCUT2D eigenvalue weighted by molar-refractivity contribution is 5.69. The van der Waals surface area contributed by atoms with Crippen LogP contribution < -0.4 is 0 Å². The first-order valence-corrected chi connectivity index (χ1v) is 5.36. The number of carbonyl (C=O) groups is 1. The Kier molecular flexibility index (Phi) is 3.50. The Labute approximate surface area is 96.6 Å². The normalized spacial score (nSPS) is 24.6. The largest absolute Gasteiger partial charge is 0.444 e. The van der Waals surface area contributed by atoms with Crippen LogP contribution in [0.4, 0.5) is 4.79 Å². The summed E-state index contributed by atoms with van der Waals surface area (Å²) in [6.07, 6.45) is -0.799. The molecule has 1 amide bonds. The third kappa shape index (κ3) is 2.86. The highest BCUT2D eigenvalue weighted by Crippen LogP contribution is 2.29. The first-order valence-electron chi connectivity index (χ1n) is 5.36. The summed E-state index contributed by atoms with van der Waals surface area (Å²) in [7, 11) is 1.55. The molecule has 0 aromatic rings. The Morgan fingerprint density at radius 2 is 2.00 bits per heavy atom. The minimum absolute atomic E-state index is 0.364. The Balaban J connectivity index is 2.79. The van der Waals surface area contributed by atoms with Crippen LogP contribution in [0.2, 0.25) is 0 Å². The molecule has 1 heterocycles. The van der Waals surface area contributed by atoms with Gasteiger partial charge in [-0.15, -0.1) is 0 Å². The van der Waals surface area contributed by atoms with Gasteiger partial charge in [-0.25, -0.2) is 4.79 Å². The SMILES string of the molecule is CO[C@@H]1COC(C)(C)N1C(=O)OC(C)(C)C. The highest BCUT2D eigenvalue weighted by Gasteiger charge is 2.45. The number of hydrogen-bond acceptors (Lipinski definition) is 4. The zero-order valence-electron chi connectivity index (χ0n) is 10.9. The van der Waals surface area contributed by atoms with Crippen molar-refractivity contribution >= 4 is 6.09 Å². The van der Waals surface area contributed by atoms with Crippen LogP contribution in [0.5, 0.6) is 0 Å². The molecule has 0 spiro atoms. The molecule has 1 aliphatic rings. The predicted molar refractivity (Wildman–Crippen MR) is 58.9 cm³/mol.